The largest absolute Gasteiger partial charge is 0.480 e. The quantitative estimate of drug-likeness (QED) is 0.603. The van der Waals surface area contributed by atoms with Gasteiger partial charge in [-0.3, -0.25) is 4.79 Å². The van der Waals surface area contributed by atoms with Crippen LogP contribution in [0.2, 0.25) is 0 Å². The number of likely N-dealkylation sites (tertiary alicyclic amines) is 1. The third kappa shape index (κ3) is 2.87. The van der Waals surface area contributed by atoms with Crippen LogP contribution in [-0.2, 0) is 9.59 Å². The van der Waals surface area contributed by atoms with Gasteiger partial charge in [0.05, 0.1) is 0 Å². The van der Waals surface area contributed by atoms with Gasteiger partial charge in [-0.25, -0.2) is 4.79 Å². The molecule has 1 aliphatic rings. The van der Waals surface area contributed by atoms with Crippen LogP contribution in [0.1, 0.15) is 13.3 Å². The first-order valence-electron chi connectivity index (χ1n) is 4.75. The molecule has 0 aromatic heterocycles. The zero-order chi connectivity index (χ0) is 11.6. The summed E-state index contributed by atoms with van der Waals surface area (Å²) in [4.78, 5) is 24.3. The van der Waals surface area contributed by atoms with E-state index in [0.717, 1.165) is 0 Å². The van der Waals surface area contributed by atoms with Crippen molar-refractivity contribution in [3.05, 3.63) is 0 Å². The van der Waals surface area contributed by atoms with Crippen molar-refractivity contribution in [2.45, 2.75) is 24.2 Å². The first-order chi connectivity index (χ1) is 6.97. The van der Waals surface area contributed by atoms with Crippen molar-refractivity contribution in [2.75, 3.05) is 12.3 Å². The van der Waals surface area contributed by atoms with Crippen LogP contribution in [0.4, 0.5) is 0 Å². The standard InChI is InChI=1S/C9H14BrNO3S/c1-5(4-15)8(12)11-3-6(10)2-7(11)9(13)14/h5-7,15H,2-4H2,1H3,(H,13,14)/t5?,6?,7-/m0/s1. The molecule has 0 bridgehead atoms. The number of halogens is 1. The van der Waals surface area contributed by atoms with Crippen molar-refractivity contribution < 1.29 is 14.7 Å². The lowest BCUT2D eigenvalue weighted by molar-refractivity contribution is -0.149. The zero-order valence-corrected chi connectivity index (χ0v) is 10.9. The summed E-state index contributed by atoms with van der Waals surface area (Å²) < 4.78 is 0. The molecule has 0 saturated carbocycles. The molecule has 0 aliphatic carbocycles. The molecule has 1 N–H and O–H groups in total. The minimum Gasteiger partial charge on any atom is -0.480 e. The van der Waals surface area contributed by atoms with Crippen LogP contribution in [0.3, 0.4) is 0 Å². The highest BCUT2D eigenvalue weighted by atomic mass is 79.9. The number of nitrogens with zero attached hydrogens (tertiary/aromatic N) is 1. The van der Waals surface area contributed by atoms with Gasteiger partial charge < -0.3 is 10.0 Å². The predicted molar refractivity (Wildman–Crippen MR) is 63.5 cm³/mol. The number of alkyl halides is 1. The van der Waals surface area contributed by atoms with E-state index in [4.69, 9.17) is 5.11 Å². The summed E-state index contributed by atoms with van der Waals surface area (Å²) in [6.45, 7) is 2.23. The molecule has 1 aliphatic heterocycles. The monoisotopic (exact) mass is 295 g/mol. The van der Waals surface area contributed by atoms with Gasteiger partial charge >= 0.3 is 5.97 Å². The molecule has 0 radical (unpaired) electrons. The summed E-state index contributed by atoms with van der Waals surface area (Å²) in [5, 5.41) is 8.97. The summed E-state index contributed by atoms with van der Waals surface area (Å²) in [6.07, 6.45) is 0.473. The summed E-state index contributed by atoms with van der Waals surface area (Å²) in [5.41, 5.74) is 0. The molecular formula is C9H14BrNO3S. The highest BCUT2D eigenvalue weighted by Crippen LogP contribution is 2.25. The number of aliphatic carboxylic acids is 1. The van der Waals surface area contributed by atoms with Gasteiger partial charge in [0.25, 0.3) is 0 Å². The molecule has 0 aromatic carbocycles. The van der Waals surface area contributed by atoms with E-state index in [1.807, 2.05) is 0 Å². The Balaban J connectivity index is 2.75. The third-order valence-electron chi connectivity index (χ3n) is 2.51. The van der Waals surface area contributed by atoms with E-state index in [1.54, 1.807) is 6.92 Å². The second-order valence-electron chi connectivity index (χ2n) is 3.76. The van der Waals surface area contributed by atoms with E-state index in [2.05, 4.69) is 28.6 Å². The van der Waals surface area contributed by atoms with Gasteiger partial charge in [-0.05, 0) is 6.42 Å². The second-order valence-corrected chi connectivity index (χ2v) is 5.42. The molecule has 1 fully saturated rings. The summed E-state index contributed by atoms with van der Waals surface area (Å²) >= 11 is 7.40. The first-order valence-corrected chi connectivity index (χ1v) is 6.30. The Bertz CT molecular complexity index is 274. The van der Waals surface area contributed by atoms with Crippen LogP contribution in [0.5, 0.6) is 0 Å². The van der Waals surface area contributed by atoms with Crippen molar-refractivity contribution in [1.29, 1.82) is 0 Å². The summed E-state index contributed by atoms with van der Waals surface area (Å²) in [5.74, 6) is -0.849. The van der Waals surface area contributed by atoms with E-state index in [0.29, 0.717) is 18.7 Å². The average molecular weight is 296 g/mol. The number of carboxylic acids is 1. The van der Waals surface area contributed by atoms with Gasteiger partial charge in [0.1, 0.15) is 6.04 Å². The first kappa shape index (κ1) is 12.8. The minimum atomic E-state index is -0.934. The van der Waals surface area contributed by atoms with E-state index in [-0.39, 0.29) is 16.7 Å². The zero-order valence-electron chi connectivity index (χ0n) is 8.39. The molecule has 86 valence electrons. The van der Waals surface area contributed by atoms with Crippen LogP contribution < -0.4 is 0 Å². The number of carboxylic acid groups (broad SMARTS) is 1. The Labute approximate surface area is 103 Å². The normalized spacial score (nSPS) is 27.8. The van der Waals surface area contributed by atoms with E-state index < -0.39 is 12.0 Å². The Morgan fingerprint density at radius 1 is 1.67 bits per heavy atom. The maximum atomic E-state index is 11.8. The number of carbonyl (C=O) groups is 2. The van der Waals surface area contributed by atoms with Gasteiger partial charge in [0, 0.05) is 23.0 Å². The third-order valence-corrected chi connectivity index (χ3v) is 3.72. The lowest BCUT2D eigenvalue weighted by Gasteiger charge is -2.24. The fourth-order valence-electron chi connectivity index (χ4n) is 1.62. The van der Waals surface area contributed by atoms with Crippen molar-refractivity contribution in [2.24, 2.45) is 5.92 Å². The highest BCUT2D eigenvalue weighted by Gasteiger charge is 2.39. The lowest BCUT2D eigenvalue weighted by atomic mass is 10.1. The molecule has 2 unspecified atom stereocenters. The maximum absolute atomic E-state index is 11.8. The average Bonchev–Trinajstić information content (AvgIpc) is 2.58. The van der Waals surface area contributed by atoms with Crippen molar-refractivity contribution in [3.8, 4) is 0 Å². The number of amides is 1. The second kappa shape index (κ2) is 5.21. The van der Waals surface area contributed by atoms with Gasteiger partial charge in [0.15, 0.2) is 0 Å². The molecule has 1 rings (SSSR count). The number of hydrogen-bond acceptors (Lipinski definition) is 3. The van der Waals surface area contributed by atoms with E-state index in [9.17, 15) is 9.59 Å². The van der Waals surface area contributed by atoms with E-state index >= 15 is 0 Å². The Morgan fingerprint density at radius 3 is 2.73 bits per heavy atom. The van der Waals surface area contributed by atoms with Crippen LogP contribution in [0.15, 0.2) is 0 Å². The SMILES string of the molecule is CC(CS)C(=O)N1CC(Br)C[C@H]1C(=O)O. The molecule has 15 heavy (non-hydrogen) atoms. The Kier molecular flexibility index (Phi) is 4.45. The smallest absolute Gasteiger partial charge is 0.326 e. The molecular weight excluding hydrogens is 282 g/mol. The van der Waals surface area contributed by atoms with Crippen LogP contribution in [-0.4, -0.2) is 45.0 Å². The molecule has 1 saturated heterocycles. The number of thiol groups is 1. The predicted octanol–water partition coefficient (Wildman–Crippen LogP) is 1.00. The fraction of sp³-hybridized carbons (Fsp3) is 0.778. The highest BCUT2D eigenvalue weighted by molar-refractivity contribution is 9.09. The Morgan fingerprint density at radius 2 is 2.27 bits per heavy atom. The molecule has 3 atom stereocenters. The maximum Gasteiger partial charge on any atom is 0.326 e. The van der Waals surface area contributed by atoms with Gasteiger partial charge in [-0.2, -0.15) is 12.6 Å². The Hall–Kier alpha value is -0.230. The van der Waals surface area contributed by atoms with Gasteiger partial charge in [-0.15, -0.1) is 0 Å². The molecule has 0 aromatic rings. The number of rotatable bonds is 3. The van der Waals surface area contributed by atoms with Gasteiger partial charge in [-0.1, -0.05) is 22.9 Å². The van der Waals surface area contributed by atoms with Crippen molar-refractivity contribution >= 4 is 40.4 Å². The van der Waals surface area contributed by atoms with Gasteiger partial charge in [0.2, 0.25) is 5.91 Å². The van der Waals surface area contributed by atoms with Crippen LogP contribution >= 0.6 is 28.6 Å². The molecule has 0 spiro atoms. The van der Waals surface area contributed by atoms with Crippen molar-refractivity contribution in [1.82, 2.24) is 4.90 Å². The van der Waals surface area contributed by atoms with Crippen LogP contribution in [0, 0.1) is 5.92 Å². The molecule has 1 amide bonds. The number of hydrogen-bond donors (Lipinski definition) is 2. The number of carbonyl (C=O) groups excluding carboxylic acids is 1. The molecule has 4 nitrogen and oxygen atoms in total. The topological polar surface area (TPSA) is 57.6 Å². The minimum absolute atomic E-state index is 0.0784. The summed E-state index contributed by atoms with van der Waals surface area (Å²) in [6, 6.07) is -0.691. The molecule has 6 heteroatoms. The molecule has 1 heterocycles. The van der Waals surface area contributed by atoms with Crippen LogP contribution in [0.25, 0.3) is 0 Å². The lowest BCUT2D eigenvalue weighted by Crippen LogP contribution is -2.43. The summed E-state index contributed by atoms with van der Waals surface area (Å²) in [7, 11) is 0. The van der Waals surface area contributed by atoms with E-state index in [1.165, 1.54) is 4.90 Å². The fourth-order valence-corrected chi connectivity index (χ4v) is 2.45. The van der Waals surface area contributed by atoms with Crippen molar-refractivity contribution in [3.63, 3.8) is 0 Å².